The van der Waals surface area contributed by atoms with Gasteiger partial charge in [-0.15, -0.1) is 0 Å². The Balaban J connectivity index is 1.46. The molecule has 0 saturated carbocycles. The van der Waals surface area contributed by atoms with E-state index in [-0.39, 0.29) is 18.4 Å². The topological polar surface area (TPSA) is 67.2 Å². The van der Waals surface area contributed by atoms with Crippen LogP contribution in [0.25, 0.3) is 0 Å². The van der Waals surface area contributed by atoms with E-state index in [1.165, 1.54) is 5.56 Å². The van der Waals surface area contributed by atoms with Gasteiger partial charge in [0, 0.05) is 38.4 Å². The maximum absolute atomic E-state index is 12.1. The van der Waals surface area contributed by atoms with Crippen molar-refractivity contribution in [3.8, 4) is 0 Å². The summed E-state index contributed by atoms with van der Waals surface area (Å²) in [6.45, 7) is 2.11. The molecule has 1 saturated heterocycles. The first kappa shape index (κ1) is 17.2. The summed E-state index contributed by atoms with van der Waals surface area (Å²) in [6.07, 6.45) is 9.02. The van der Waals surface area contributed by atoms with Crippen LogP contribution in [-0.4, -0.2) is 39.4 Å². The molecule has 0 radical (unpaired) electrons. The average Bonchev–Trinajstić information content (AvgIpc) is 3.04. The lowest BCUT2D eigenvalue weighted by Crippen LogP contribution is -2.40. The average molecular weight is 340 g/mol. The highest BCUT2D eigenvalue weighted by Gasteiger charge is 2.18. The summed E-state index contributed by atoms with van der Waals surface area (Å²) >= 11 is 0. The third kappa shape index (κ3) is 5.17. The van der Waals surface area contributed by atoms with E-state index in [0.29, 0.717) is 19.5 Å². The summed E-state index contributed by atoms with van der Waals surface area (Å²) < 4.78 is 2.01. The fourth-order valence-corrected chi connectivity index (χ4v) is 2.99. The highest BCUT2D eigenvalue weighted by Crippen LogP contribution is 2.11. The number of benzene rings is 1. The van der Waals surface area contributed by atoms with Gasteiger partial charge in [-0.05, 0) is 24.0 Å². The Morgan fingerprint density at radius 1 is 1.12 bits per heavy atom. The molecule has 25 heavy (non-hydrogen) atoms. The van der Waals surface area contributed by atoms with Crippen LogP contribution in [0.5, 0.6) is 0 Å². The molecule has 6 nitrogen and oxygen atoms in total. The number of aromatic nitrogens is 2. The van der Waals surface area contributed by atoms with Crippen LogP contribution in [0.2, 0.25) is 0 Å². The normalized spacial score (nSPS) is 15.0. The summed E-state index contributed by atoms with van der Waals surface area (Å²) in [7, 11) is 0. The van der Waals surface area contributed by atoms with E-state index in [1.54, 1.807) is 17.4 Å². The Labute approximate surface area is 147 Å². The van der Waals surface area contributed by atoms with Gasteiger partial charge in [0.05, 0.1) is 12.9 Å². The molecule has 3 rings (SSSR count). The summed E-state index contributed by atoms with van der Waals surface area (Å²) in [5.74, 6) is -0.00533. The van der Waals surface area contributed by atoms with Gasteiger partial charge in [-0.2, -0.15) is 0 Å². The van der Waals surface area contributed by atoms with Crippen LogP contribution < -0.4 is 5.32 Å². The van der Waals surface area contributed by atoms with Crippen LogP contribution >= 0.6 is 0 Å². The van der Waals surface area contributed by atoms with Crippen LogP contribution in [0.3, 0.4) is 0 Å². The van der Waals surface area contributed by atoms with Crippen molar-refractivity contribution in [1.29, 1.82) is 0 Å². The third-order valence-corrected chi connectivity index (χ3v) is 4.44. The standard InChI is InChI=1S/C19H24N4O2/c24-18(14-23-10-3-1-2-4-19(23)25)21-12-16-5-7-17(8-6-16)13-22-11-9-20-15-22/h5-9,11,15H,1-4,10,12-14H2,(H,21,24). The SMILES string of the molecule is O=C(CN1CCCCCC1=O)NCc1ccc(Cn2ccnc2)cc1. The minimum atomic E-state index is -0.0993. The number of hydrogen-bond donors (Lipinski definition) is 1. The number of amides is 2. The maximum atomic E-state index is 12.1. The van der Waals surface area contributed by atoms with Crippen LogP contribution in [-0.2, 0) is 22.7 Å². The third-order valence-electron chi connectivity index (χ3n) is 4.44. The van der Waals surface area contributed by atoms with Crippen molar-refractivity contribution in [3.63, 3.8) is 0 Å². The van der Waals surface area contributed by atoms with Crippen molar-refractivity contribution >= 4 is 11.8 Å². The minimum absolute atomic E-state index is 0.0940. The summed E-state index contributed by atoms with van der Waals surface area (Å²) in [6, 6.07) is 8.15. The fourth-order valence-electron chi connectivity index (χ4n) is 2.99. The van der Waals surface area contributed by atoms with E-state index in [9.17, 15) is 9.59 Å². The first-order valence-electron chi connectivity index (χ1n) is 8.79. The lowest BCUT2D eigenvalue weighted by atomic mass is 10.1. The number of hydrogen-bond acceptors (Lipinski definition) is 3. The van der Waals surface area contributed by atoms with Gasteiger partial charge in [0.15, 0.2) is 0 Å². The largest absolute Gasteiger partial charge is 0.350 e. The van der Waals surface area contributed by atoms with E-state index < -0.39 is 0 Å². The highest BCUT2D eigenvalue weighted by molar-refractivity contribution is 5.84. The van der Waals surface area contributed by atoms with E-state index in [0.717, 1.165) is 31.4 Å². The smallest absolute Gasteiger partial charge is 0.239 e. The number of likely N-dealkylation sites (tertiary alicyclic amines) is 1. The molecule has 0 atom stereocenters. The molecule has 2 aromatic rings. The molecule has 0 bridgehead atoms. The zero-order valence-corrected chi connectivity index (χ0v) is 14.4. The van der Waals surface area contributed by atoms with Crippen LogP contribution in [0.1, 0.15) is 36.8 Å². The number of carbonyl (C=O) groups is 2. The van der Waals surface area contributed by atoms with Crippen molar-refractivity contribution in [2.24, 2.45) is 0 Å². The molecule has 2 amide bonds. The first-order valence-corrected chi connectivity index (χ1v) is 8.79. The summed E-state index contributed by atoms with van der Waals surface area (Å²) in [5, 5.41) is 2.90. The predicted molar refractivity (Wildman–Crippen MR) is 94.7 cm³/mol. The molecule has 1 aliphatic rings. The van der Waals surface area contributed by atoms with Gasteiger partial charge in [0.25, 0.3) is 0 Å². The van der Waals surface area contributed by atoms with Crippen LogP contribution in [0, 0.1) is 0 Å². The number of imidazole rings is 1. The van der Waals surface area contributed by atoms with Crippen molar-refractivity contribution in [2.45, 2.75) is 38.8 Å². The molecule has 2 heterocycles. The highest BCUT2D eigenvalue weighted by atomic mass is 16.2. The lowest BCUT2D eigenvalue weighted by molar-refractivity contribution is -0.135. The molecule has 1 aliphatic heterocycles. The van der Waals surface area contributed by atoms with Gasteiger partial charge in [-0.3, -0.25) is 9.59 Å². The molecule has 1 aromatic carbocycles. The Hall–Kier alpha value is -2.63. The number of nitrogens with one attached hydrogen (secondary N) is 1. The Morgan fingerprint density at radius 3 is 2.68 bits per heavy atom. The molecule has 1 fully saturated rings. The molecule has 0 spiro atoms. The van der Waals surface area contributed by atoms with Gasteiger partial charge in [0.1, 0.15) is 0 Å². The van der Waals surface area contributed by atoms with E-state index in [4.69, 9.17) is 0 Å². The Morgan fingerprint density at radius 2 is 1.92 bits per heavy atom. The fraction of sp³-hybridized carbons (Fsp3) is 0.421. The van der Waals surface area contributed by atoms with E-state index >= 15 is 0 Å². The molecule has 6 heteroatoms. The number of carbonyl (C=O) groups excluding carboxylic acids is 2. The van der Waals surface area contributed by atoms with Crippen LogP contribution in [0.4, 0.5) is 0 Å². The second-order valence-electron chi connectivity index (χ2n) is 6.45. The molecule has 0 unspecified atom stereocenters. The number of rotatable bonds is 6. The molecule has 0 aliphatic carbocycles. The molecular formula is C19H24N4O2. The van der Waals surface area contributed by atoms with E-state index in [1.807, 2.05) is 22.9 Å². The van der Waals surface area contributed by atoms with Gasteiger partial charge < -0.3 is 14.8 Å². The van der Waals surface area contributed by atoms with Crippen LogP contribution in [0.15, 0.2) is 43.0 Å². The zero-order valence-electron chi connectivity index (χ0n) is 14.4. The monoisotopic (exact) mass is 340 g/mol. The Bertz CT molecular complexity index is 695. The molecule has 1 N–H and O–H groups in total. The Kier molecular flexibility index (Phi) is 5.82. The maximum Gasteiger partial charge on any atom is 0.239 e. The second-order valence-corrected chi connectivity index (χ2v) is 6.45. The van der Waals surface area contributed by atoms with Crippen molar-refractivity contribution in [1.82, 2.24) is 19.8 Å². The lowest BCUT2D eigenvalue weighted by Gasteiger charge is -2.19. The van der Waals surface area contributed by atoms with Crippen molar-refractivity contribution in [2.75, 3.05) is 13.1 Å². The quantitative estimate of drug-likeness (QED) is 0.874. The van der Waals surface area contributed by atoms with Gasteiger partial charge >= 0.3 is 0 Å². The van der Waals surface area contributed by atoms with Gasteiger partial charge in [0.2, 0.25) is 11.8 Å². The van der Waals surface area contributed by atoms with Gasteiger partial charge in [-0.25, -0.2) is 4.98 Å². The zero-order chi connectivity index (χ0) is 17.5. The molecule has 1 aromatic heterocycles. The summed E-state index contributed by atoms with van der Waals surface area (Å²) in [4.78, 5) is 29.7. The van der Waals surface area contributed by atoms with Crippen molar-refractivity contribution < 1.29 is 9.59 Å². The predicted octanol–water partition coefficient (Wildman–Crippen LogP) is 1.95. The minimum Gasteiger partial charge on any atom is -0.350 e. The van der Waals surface area contributed by atoms with E-state index in [2.05, 4.69) is 22.4 Å². The van der Waals surface area contributed by atoms with Gasteiger partial charge in [-0.1, -0.05) is 30.7 Å². The second kappa shape index (κ2) is 8.46. The first-order chi connectivity index (χ1) is 12.2. The number of nitrogens with zero attached hydrogens (tertiary/aromatic N) is 3. The molecule has 132 valence electrons. The van der Waals surface area contributed by atoms with Crippen molar-refractivity contribution in [3.05, 3.63) is 54.1 Å². The molecular weight excluding hydrogens is 316 g/mol. The summed E-state index contributed by atoms with van der Waals surface area (Å²) in [5.41, 5.74) is 2.23.